The summed E-state index contributed by atoms with van der Waals surface area (Å²) in [6.45, 7) is -0.586. The van der Waals surface area contributed by atoms with Crippen molar-refractivity contribution in [3.05, 3.63) is 118 Å². The highest BCUT2D eigenvalue weighted by molar-refractivity contribution is 7.91. The van der Waals surface area contributed by atoms with Crippen LogP contribution in [0.1, 0.15) is 32.9 Å². The molecule has 0 aliphatic rings. The minimum Gasteiger partial charge on any atom is -0.480 e. The van der Waals surface area contributed by atoms with Crippen molar-refractivity contribution in [2.45, 2.75) is 17.7 Å². The molecule has 44 heavy (non-hydrogen) atoms. The van der Waals surface area contributed by atoms with E-state index < -0.39 is 28.3 Å². The predicted octanol–water partition coefficient (Wildman–Crippen LogP) is 7.24. The van der Waals surface area contributed by atoms with Gasteiger partial charge in [-0.2, -0.15) is 0 Å². The minimum absolute atomic E-state index is 0.0760. The molecule has 0 aliphatic heterocycles. The summed E-state index contributed by atoms with van der Waals surface area (Å²) in [6.07, 6.45) is 4.59. The van der Waals surface area contributed by atoms with Crippen LogP contribution in [0.4, 0.5) is 5.69 Å². The molecule has 0 bridgehead atoms. The molecule has 4 aromatic carbocycles. The second kappa shape index (κ2) is 13.9. The summed E-state index contributed by atoms with van der Waals surface area (Å²) in [5, 5.41) is 13.2. The van der Waals surface area contributed by atoms with Crippen molar-refractivity contribution >= 4 is 72.7 Å². The van der Waals surface area contributed by atoms with Crippen molar-refractivity contribution in [1.82, 2.24) is 4.98 Å². The summed E-state index contributed by atoms with van der Waals surface area (Å²) >= 11 is 7.46. The molecule has 5 rings (SSSR count). The van der Waals surface area contributed by atoms with E-state index in [0.717, 1.165) is 26.4 Å². The monoisotopic (exact) mass is 646 g/mol. The lowest BCUT2D eigenvalue weighted by Crippen LogP contribution is -2.15. The van der Waals surface area contributed by atoms with E-state index in [1.165, 1.54) is 24.3 Å². The Balaban J connectivity index is 1.25. The van der Waals surface area contributed by atoms with Crippen molar-refractivity contribution in [2.75, 3.05) is 17.7 Å². The zero-order valence-electron chi connectivity index (χ0n) is 23.3. The third kappa shape index (κ3) is 8.10. The number of rotatable bonds is 12. The van der Waals surface area contributed by atoms with Gasteiger partial charge in [0, 0.05) is 10.6 Å². The molecule has 1 amide bonds. The number of aromatic nitrogens is 1. The summed E-state index contributed by atoms with van der Waals surface area (Å²) in [4.78, 5) is 29.0. The molecule has 8 nitrogen and oxygen atoms in total. The van der Waals surface area contributed by atoms with Crippen molar-refractivity contribution < 1.29 is 27.9 Å². The van der Waals surface area contributed by atoms with Gasteiger partial charge in [-0.15, -0.1) is 11.3 Å². The molecule has 1 aromatic heterocycles. The fourth-order valence-corrected chi connectivity index (χ4v) is 6.70. The summed E-state index contributed by atoms with van der Waals surface area (Å²) in [5.41, 5.74) is 3.27. The average molecular weight is 647 g/mol. The average Bonchev–Trinajstić information content (AvgIpc) is 3.43. The Kier molecular flexibility index (Phi) is 9.74. The first-order valence-electron chi connectivity index (χ1n) is 13.6. The molecule has 224 valence electrons. The number of hydrogen-bond donors (Lipinski definition) is 2. The number of halogens is 1. The van der Waals surface area contributed by atoms with Gasteiger partial charge in [0.2, 0.25) is 0 Å². The number of anilines is 1. The van der Waals surface area contributed by atoms with E-state index in [9.17, 15) is 18.0 Å². The van der Waals surface area contributed by atoms with Gasteiger partial charge in [-0.3, -0.25) is 4.79 Å². The quantitative estimate of drug-likeness (QED) is 0.146. The predicted molar refractivity (Wildman–Crippen MR) is 174 cm³/mol. The number of thiazole rings is 1. The number of sulfone groups is 1. The van der Waals surface area contributed by atoms with Gasteiger partial charge < -0.3 is 15.2 Å². The third-order valence-electron chi connectivity index (χ3n) is 6.60. The van der Waals surface area contributed by atoms with E-state index >= 15 is 0 Å². The number of hydrogen-bond acceptors (Lipinski definition) is 7. The number of ether oxygens (including phenoxy) is 1. The first-order chi connectivity index (χ1) is 21.2. The Morgan fingerprint density at radius 3 is 2.43 bits per heavy atom. The van der Waals surface area contributed by atoms with Crippen LogP contribution in [0.5, 0.6) is 5.75 Å². The molecule has 0 aliphatic carbocycles. The number of amides is 1. The first kappa shape index (κ1) is 30.9. The number of para-hydroxylation sites is 1. The van der Waals surface area contributed by atoms with Crippen LogP contribution in [0.25, 0.3) is 22.4 Å². The number of aryl methyl sites for hydroxylation is 1. The lowest BCUT2D eigenvalue weighted by atomic mass is 10.1. The van der Waals surface area contributed by atoms with Crippen LogP contribution in [0.3, 0.4) is 0 Å². The number of carbonyl (C=O) groups excluding carboxylic acids is 1. The molecule has 1 heterocycles. The molecular formula is C33H27ClN2O6S2. The smallest absolute Gasteiger partial charge is 0.341 e. The Morgan fingerprint density at radius 2 is 1.70 bits per heavy atom. The maximum Gasteiger partial charge on any atom is 0.341 e. The molecule has 11 heteroatoms. The lowest BCUT2D eigenvalue weighted by Gasteiger charge is -2.14. The van der Waals surface area contributed by atoms with Crippen LogP contribution in [-0.4, -0.2) is 42.7 Å². The van der Waals surface area contributed by atoms with Gasteiger partial charge in [-0.05, 0) is 90.7 Å². The molecule has 0 radical (unpaired) electrons. The molecular weight excluding hydrogens is 620 g/mol. The normalized spacial score (nSPS) is 11.6. The molecule has 0 fully saturated rings. The standard InChI is InChI=1S/C33H27ClN2O6S2/c34-25-13-15-26(16-14-25)44(40,41)19-3-4-23-9-17-29(42-21-32(37)38)28(20-23)36-33(39)24-11-7-22(8-12-24)10-18-31-35-27-5-1-2-6-30(27)43-31/h1-2,5-18,20H,3-4,19,21H2,(H,36,39)(H,37,38). The Labute approximate surface area is 263 Å². The highest BCUT2D eigenvalue weighted by Crippen LogP contribution is 2.28. The van der Waals surface area contributed by atoms with Crippen LogP contribution in [0.2, 0.25) is 5.02 Å². The van der Waals surface area contributed by atoms with Crippen molar-refractivity contribution in [3.63, 3.8) is 0 Å². The highest BCUT2D eigenvalue weighted by Gasteiger charge is 2.16. The van der Waals surface area contributed by atoms with Gasteiger partial charge in [0.05, 0.1) is 26.6 Å². The Morgan fingerprint density at radius 1 is 0.955 bits per heavy atom. The van der Waals surface area contributed by atoms with E-state index in [-0.39, 0.29) is 22.1 Å². The van der Waals surface area contributed by atoms with E-state index in [0.29, 0.717) is 23.4 Å². The van der Waals surface area contributed by atoms with E-state index in [1.54, 1.807) is 41.7 Å². The number of aliphatic carboxylic acids is 1. The molecule has 0 unspecified atom stereocenters. The fraction of sp³-hybridized carbons (Fsp3) is 0.121. The second-order valence-corrected chi connectivity index (χ2v) is 13.4. The Hall–Kier alpha value is -4.51. The van der Waals surface area contributed by atoms with E-state index in [2.05, 4.69) is 10.3 Å². The zero-order valence-corrected chi connectivity index (χ0v) is 25.7. The number of carboxylic acid groups (broad SMARTS) is 1. The molecule has 0 saturated heterocycles. The molecule has 0 atom stereocenters. The summed E-state index contributed by atoms with van der Waals surface area (Å²) < 4.78 is 31.9. The van der Waals surface area contributed by atoms with Crippen molar-refractivity contribution in [3.8, 4) is 5.75 Å². The van der Waals surface area contributed by atoms with Gasteiger partial charge >= 0.3 is 5.97 Å². The van der Waals surface area contributed by atoms with Crippen molar-refractivity contribution in [1.29, 1.82) is 0 Å². The lowest BCUT2D eigenvalue weighted by molar-refractivity contribution is -0.139. The maximum atomic E-state index is 13.1. The number of benzene rings is 4. The molecule has 0 spiro atoms. The van der Waals surface area contributed by atoms with Crippen LogP contribution in [0.15, 0.2) is 95.9 Å². The van der Waals surface area contributed by atoms with Gasteiger partial charge in [-0.1, -0.05) is 48.0 Å². The van der Waals surface area contributed by atoms with Crippen LogP contribution in [0, 0.1) is 0 Å². The number of nitrogens with zero attached hydrogens (tertiary/aromatic N) is 1. The zero-order chi connectivity index (χ0) is 31.1. The first-order valence-corrected chi connectivity index (χ1v) is 16.4. The van der Waals surface area contributed by atoms with Crippen LogP contribution in [-0.2, 0) is 21.1 Å². The van der Waals surface area contributed by atoms with Gasteiger partial charge in [0.15, 0.2) is 16.4 Å². The van der Waals surface area contributed by atoms with E-state index in [4.69, 9.17) is 21.4 Å². The van der Waals surface area contributed by atoms with Gasteiger partial charge in [0.25, 0.3) is 5.91 Å². The summed E-state index contributed by atoms with van der Waals surface area (Å²) in [7, 11) is -3.49. The summed E-state index contributed by atoms with van der Waals surface area (Å²) in [5.74, 6) is -1.45. The molecule has 2 N–H and O–H groups in total. The largest absolute Gasteiger partial charge is 0.480 e. The van der Waals surface area contributed by atoms with Crippen molar-refractivity contribution in [2.24, 2.45) is 0 Å². The number of carbonyl (C=O) groups is 2. The Bertz CT molecular complexity index is 1900. The number of carboxylic acids is 1. The maximum absolute atomic E-state index is 13.1. The second-order valence-electron chi connectivity index (χ2n) is 9.82. The topological polar surface area (TPSA) is 123 Å². The number of fused-ring (bicyclic) bond motifs is 1. The van der Waals surface area contributed by atoms with Crippen LogP contribution >= 0.6 is 22.9 Å². The molecule has 0 saturated carbocycles. The van der Waals surface area contributed by atoms with Crippen LogP contribution < -0.4 is 10.1 Å². The summed E-state index contributed by atoms with van der Waals surface area (Å²) in [6, 6.07) is 25.9. The number of nitrogens with one attached hydrogen (secondary N) is 1. The minimum atomic E-state index is -3.49. The van der Waals surface area contributed by atoms with Gasteiger partial charge in [0.1, 0.15) is 10.8 Å². The third-order valence-corrected chi connectivity index (χ3v) is 9.67. The van der Waals surface area contributed by atoms with Gasteiger partial charge in [-0.25, -0.2) is 18.2 Å². The fourth-order valence-electron chi connectivity index (χ4n) is 4.39. The SMILES string of the molecule is O=C(O)COc1ccc(CCCS(=O)(=O)c2ccc(Cl)cc2)cc1NC(=O)c1ccc(C=Cc2nc3ccccc3s2)cc1. The highest BCUT2D eigenvalue weighted by atomic mass is 35.5. The van der Waals surface area contributed by atoms with E-state index in [1.807, 2.05) is 48.6 Å². The molecule has 5 aromatic rings.